The van der Waals surface area contributed by atoms with E-state index >= 15 is 0 Å². The fourth-order valence-electron chi connectivity index (χ4n) is 4.35. The molecule has 10 nitrogen and oxygen atoms in total. The normalized spacial score (nSPS) is 17.4. The molecule has 0 fully saturated rings. The van der Waals surface area contributed by atoms with Crippen molar-refractivity contribution >= 4 is 58.9 Å². The average molecular weight is 603 g/mol. The minimum Gasteiger partial charge on any atom is -0.465 e. The van der Waals surface area contributed by atoms with Gasteiger partial charge in [-0.2, -0.15) is 0 Å². The molecule has 2 atom stereocenters. The minimum absolute atomic E-state index is 0.00544. The first-order valence-corrected chi connectivity index (χ1v) is 14.6. The van der Waals surface area contributed by atoms with Crippen molar-refractivity contribution in [2.24, 2.45) is 0 Å². The van der Waals surface area contributed by atoms with Crippen molar-refractivity contribution in [3.05, 3.63) is 52.1 Å². The number of nitrogens with one attached hydrogen (secondary N) is 1. The van der Waals surface area contributed by atoms with E-state index in [9.17, 15) is 24.0 Å². The van der Waals surface area contributed by atoms with Gasteiger partial charge in [-0.05, 0) is 68.7 Å². The lowest BCUT2D eigenvalue weighted by molar-refractivity contribution is -0.118. The zero-order valence-electron chi connectivity index (χ0n) is 24.1. The number of ketones is 1. The number of alkyl carbamates (subject to hydrolysis) is 1. The summed E-state index contributed by atoms with van der Waals surface area (Å²) >= 11 is 3.02. The molecule has 0 saturated heterocycles. The highest BCUT2D eigenvalue weighted by molar-refractivity contribution is 8.01. The number of amides is 2. The van der Waals surface area contributed by atoms with Crippen LogP contribution in [0.3, 0.4) is 0 Å². The van der Waals surface area contributed by atoms with Crippen LogP contribution in [0.25, 0.3) is 0 Å². The smallest absolute Gasteiger partial charge is 0.406 e. The maximum absolute atomic E-state index is 12.5. The molecule has 41 heavy (non-hydrogen) atoms. The predicted molar refractivity (Wildman–Crippen MR) is 157 cm³/mol. The van der Waals surface area contributed by atoms with Gasteiger partial charge in [0.1, 0.15) is 5.78 Å². The van der Waals surface area contributed by atoms with Crippen LogP contribution in [0.15, 0.2) is 34.1 Å². The molecule has 0 spiro atoms. The number of anilines is 1. The van der Waals surface area contributed by atoms with Gasteiger partial charge >= 0.3 is 18.0 Å². The van der Waals surface area contributed by atoms with E-state index < -0.39 is 12.1 Å². The van der Waals surface area contributed by atoms with E-state index in [0.717, 1.165) is 26.5 Å². The summed E-state index contributed by atoms with van der Waals surface area (Å²) in [5.41, 5.74) is 4.25. The first-order valence-electron chi connectivity index (χ1n) is 12.9. The minimum atomic E-state index is -0.554. The lowest BCUT2D eigenvalue weighted by atomic mass is 10.00. The van der Waals surface area contributed by atoms with Crippen molar-refractivity contribution in [2.45, 2.75) is 54.4 Å². The number of methoxy groups -OCH3 is 3. The van der Waals surface area contributed by atoms with Gasteiger partial charge in [0.15, 0.2) is 0 Å². The van der Waals surface area contributed by atoms with Crippen molar-refractivity contribution in [3.63, 3.8) is 0 Å². The number of fused-ring (bicyclic) bond motifs is 2. The number of carbonyl (C=O) groups is 5. The third-order valence-electron chi connectivity index (χ3n) is 6.64. The van der Waals surface area contributed by atoms with Crippen LogP contribution in [0.1, 0.15) is 51.3 Å². The number of rotatable bonds is 5. The first kappa shape index (κ1) is 32.0. The van der Waals surface area contributed by atoms with Gasteiger partial charge in [0.05, 0.1) is 48.6 Å². The predicted octanol–water partition coefficient (Wildman–Crippen LogP) is 4.35. The second-order valence-corrected chi connectivity index (χ2v) is 12.2. The van der Waals surface area contributed by atoms with Crippen LogP contribution in [0.4, 0.5) is 10.5 Å². The number of Topliss-reactive ketones (excluding diaryl/α,β-unsaturated/α-hetero) is 1. The van der Waals surface area contributed by atoms with Crippen LogP contribution in [-0.2, 0) is 30.2 Å². The number of hydrogen-bond donors (Lipinski definition) is 1. The molecule has 0 bridgehead atoms. The number of hydrogen-bond acceptors (Lipinski definition) is 10. The molecule has 2 unspecified atom stereocenters. The van der Waals surface area contributed by atoms with Gasteiger partial charge in [-0.15, -0.1) is 23.5 Å². The van der Waals surface area contributed by atoms with Gasteiger partial charge in [0, 0.05) is 29.3 Å². The highest BCUT2D eigenvalue weighted by Gasteiger charge is 2.32. The highest BCUT2D eigenvalue weighted by atomic mass is 32.2. The van der Waals surface area contributed by atoms with E-state index in [0.29, 0.717) is 23.2 Å². The summed E-state index contributed by atoms with van der Waals surface area (Å²) in [7, 11) is 3.96. The van der Waals surface area contributed by atoms with Crippen molar-refractivity contribution in [1.82, 2.24) is 5.32 Å². The van der Waals surface area contributed by atoms with Gasteiger partial charge in [-0.1, -0.05) is 0 Å². The van der Waals surface area contributed by atoms with Crippen LogP contribution < -0.4 is 10.2 Å². The van der Waals surface area contributed by atoms with E-state index in [1.165, 1.54) is 33.1 Å². The van der Waals surface area contributed by atoms with Crippen LogP contribution in [-0.4, -0.2) is 74.6 Å². The van der Waals surface area contributed by atoms with Crippen LogP contribution in [0, 0.1) is 13.8 Å². The maximum atomic E-state index is 12.5. The first-order chi connectivity index (χ1) is 19.4. The molecular formula is C29H34N2O8S2. The molecule has 220 valence electrons. The molecule has 0 aromatic heterocycles. The second-order valence-electron chi connectivity index (χ2n) is 9.46. The van der Waals surface area contributed by atoms with E-state index in [1.807, 2.05) is 39.8 Å². The lowest BCUT2D eigenvalue weighted by Crippen LogP contribution is -2.44. The monoisotopic (exact) mass is 602 g/mol. The largest absolute Gasteiger partial charge is 0.465 e. The van der Waals surface area contributed by atoms with Gasteiger partial charge in [0.25, 0.3) is 0 Å². The number of benzene rings is 2. The van der Waals surface area contributed by atoms with Gasteiger partial charge in [-0.3, -0.25) is 9.59 Å². The molecule has 2 heterocycles. The molecule has 2 aliphatic heterocycles. The third-order valence-corrected chi connectivity index (χ3v) is 9.03. The Morgan fingerprint density at radius 2 is 1.41 bits per heavy atom. The number of esters is 2. The fourth-order valence-corrected chi connectivity index (χ4v) is 6.62. The molecular weight excluding hydrogens is 568 g/mol. The van der Waals surface area contributed by atoms with Crippen LogP contribution >= 0.6 is 23.5 Å². The zero-order chi connectivity index (χ0) is 30.4. The third kappa shape index (κ3) is 7.42. The number of aryl methyl sites for hydroxylation is 2. The Labute approximate surface area is 247 Å². The molecule has 2 aromatic carbocycles. The van der Waals surface area contributed by atoms with Gasteiger partial charge in [-0.25, -0.2) is 14.4 Å². The summed E-state index contributed by atoms with van der Waals surface area (Å²) in [5, 5.41) is 2.32. The Balaban J connectivity index is 0.000000239. The second kappa shape index (κ2) is 13.9. The number of nitrogens with zero attached hydrogens (tertiary/aromatic N) is 1. The molecule has 12 heteroatoms. The summed E-state index contributed by atoms with van der Waals surface area (Å²) in [6, 6.07) is 7.31. The molecule has 4 rings (SSSR count). The zero-order valence-corrected chi connectivity index (χ0v) is 25.7. The molecule has 2 amide bonds. The van der Waals surface area contributed by atoms with Gasteiger partial charge < -0.3 is 24.4 Å². The van der Waals surface area contributed by atoms with E-state index in [4.69, 9.17) is 9.47 Å². The van der Waals surface area contributed by atoms with Crippen molar-refractivity contribution in [2.75, 3.05) is 39.3 Å². The highest BCUT2D eigenvalue weighted by Crippen LogP contribution is 2.41. The number of thioether (sulfide) groups is 2. The number of carbonyl (C=O) groups excluding carboxylic acids is 5. The quantitative estimate of drug-likeness (QED) is 0.390. The number of ether oxygens (including phenoxy) is 3. The van der Waals surface area contributed by atoms with Crippen LogP contribution in [0.2, 0.25) is 0 Å². The Morgan fingerprint density at radius 1 is 0.854 bits per heavy atom. The summed E-state index contributed by atoms with van der Waals surface area (Å²) in [6.07, 6.45) is -0.144. The van der Waals surface area contributed by atoms with Crippen molar-refractivity contribution in [1.29, 1.82) is 0 Å². The van der Waals surface area contributed by atoms with Crippen molar-refractivity contribution in [3.8, 4) is 0 Å². The lowest BCUT2D eigenvalue weighted by Gasteiger charge is -2.33. The molecule has 0 aliphatic carbocycles. The topological polar surface area (TPSA) is 128 Å². The van der Waals surface area contributed by atoms with Crippen molar-refractivity contribution < 1.29 is 38.2 Å². The average Bonchev–Trinajstić information content (AvgIpc) is 2.94. The SMILES string of the molecule is COC(=O)NCCN1C(=O)C(C)Sc2cc(C)c(C(=O)OC)cc21.COC(=O)c1cc2c(cc1C)SC(C)C(=O)C2. The maximum Gasteiger partial charge on any atom is 0.406 e. The van der Waals surface area contributed by atoms with E-state index in [2.05, 4.69) is 10.1 Å². The molecule has 2 aromatic rings. The van der Waals surface area contributed by atoms with Gasteiger partial charge in [0.2, 0.25) is 5.91 Å². The van der Waals surface area contributed by atoms with E-state index in [-0.39, 0.29) is 41.2 Å². The standard InChI is InChI=1S/C16H20N2O5S.C13H14O3S/c1-9-7-13-12(8-11(9)15(20)22-3)18(14(19)10(2)24-13)6-5-17-16(21)23-4;1-7-4-12-9(5-10(7)13(15)16-3)6-11(14)8(2)17-12/h7-8,10H,5-6H2,1-4H3,(H,17,21);4-5,8H,6H2,1-3H3. The van der Waals surface area contributed by atoms with Crippen LogP contribution in [0.5, 0.6) is 0 Å². The molecule has 0 radical (unpaired) electrons. The van der Waals surface area contributed by atoms with E-state index in [1.54, 1.807) is 28.8 Å². The fraction of sp³-hybridized carbons (Fsp3) is 0.414. The Bertz CT molecular complexity index is 1380. The molecule has 0 saturated carbocycles. The summed E-state index contributed by atoms with van der Waals surface area (Å²) in [4.78, 5) is 62.4. The summed E-state index contributed by atoms with van der Waals surface area (Å²) in [6.45, 7) is 8.00. The summed E-state index contributed by atoms with van der Waals surface area (Å²) < 4.78 is 14.0. The molecule has 2 aliphatic rings. The Hall–Kier alpha value is -3.51. The Kier molecular flexibility index (Phi) is 10.9. The Morgan fingerprint density at radius 3 is 2.00 bits per heavy atom. The summed E-state index contributed by atoms with van der Waals surface area (Å²) in [5.74, 6) is -0.651. The molecule has 1 N–H and O–H groups in total.